The summed E-state index contributed by atoms with van der Waals surface area (Å²) in [5, 5.41) is 3.04. The Morgan fingerprint density at radius 1 is 1.05 bits per heavy atom. The molecule has 1 aliphatic rings. The molecule has 3 nitrogen and oxygen atoms in total. The van der Waals surface area contributed by atoms with Crippen molar-refractivity contribution in [2.45, 2.75) is 52.2 Å². The molecule has 0 spiro atoms. The third kappa shape index (κ3) is 2.73. The second-order valence-electron chi connectivity index (χ2n) is 6.72. The van der Waals surface area contributed by atoms with Crippen molar-refractivity contribution in [2.75, 3.05) is 0 Å². The van der Waals surface area contributed by atoms with Gasteiger partial charge in [-0.3, -0.25) is 0 Å². The van der Waals surface area contributed by atoms with Crippen molar-refractivity contribution in [1.82, 2.24) is 4.98 Å². The van der Waals surface area contributed by atoms with E-state index in [0.29, 0.717) is 0 Å². The minimum atomic E-state index is -0.384. The molecule has 0 aliphatic carbocycles. The van der Waals surface area contributed by atoms with Crippen LogP contribution in [0.25, 0.3) is 10.6 Å². The van der Waals surface area contributed by atoms with Crippen LogP contribution in [0.15, 0.2) is 29.6 Å². The molecule has 0 N–H and O–H groups in total. The number of nitrogens with zero attached hydrogens (tertiary/aromatic N) is 1. The van der Waals surface area contributed by atoms with Gasteiger partial charge in [-0.15, -0.1) is 11.3 Å². The zero-order valence-corrected chi connectivity index (χ0v) is 14.7. The van der Waals surface area contributed by atoms with Gasteiger partial charge in [-0.2, -0.15) is 0 Å². The van der Waals surface area contributed by atoms with Gasteiger partial charge < -0.3 is 9.31 Å². The molecular formula is C17H22BNO2S. The van der Waals surface area contributed by atoms with Gasteiger partial charge in [0, 0.05) is 10.9 Å². The van der Waals surface area contributed by atoms with E-state index in [4.69, 9.17) is 14.3 Å². The summed E-state index contributed by atoms with van der Waals surface area (Å²) >= 11 is 1.63. The Kier molecular flexibility index (Phi) is 3.92. The van der Waals surface area contributed by atoms with Crippen LogP contribution >= 0.6 is 11.3 Å². The Balaban J connectivity index is 1.82. The molecule has 1 saturated heterocycles. The first kappa shape index (κ1) is 15.7. The highest BCUT2D eigenvalue weighted by Gasteiger charge is 2.52. The van der Waals surface area contributed by atoms with Crippen molar-refractivity contribution in [3.8, 4) is 10.6 Å². The Bertz CT molecular complexity index is 648. The normalized spacial score (nSPS) is 19.6. The highest BCUT2D eigenvalue weighted by Crippen LogP contribution is 2.36. The molecule has 1 aromatic carbocycles. The molecule has 1 fully saturated rings. The molecule has 2 heterocycles. The summed E-state index contributed by atoms with van der Waals surface area (Å²) in [4.78, 5) is 4.72. The van der Waals surface area contributed by atoms with Gasteiger partial charge in [0.2, 0.25) is 0 Å². The minimum Gasteiger partial charge on any atom is -0.398 e. The lowest BCUT2D eigenvalue weighted by atomic mass is 9.86. The maximum Gasteiger partial charge on any atom is 0.515 e. The van der Waals surface area contributed by atoms with Crippen LogP contribution in [0.3, 0.4) is 0 Å². The van der Waals surface area contributed by atoms with Gasteiger partial charge >= 0.3 is 7.12 Å². The lowest BCUT2D eigenvalue weighted by Gasteiger charge is -2.32. The molecule has 0 amide bonds. The van der Waals surface area contributed by atoms with E-state index in [1.807, 2.05) is 5.38 Å². The Hall–Kier alpha value is -1.17. The minimum absolute atomic E-state index is 0.329. The van der Waals surface area contributed by atoms with Crippen molar-refractivity contribution >= 4 is 24.0 Å². The lowest BCUT2D eigenvalue weighted by Crippen LogP contribution is -2.41. The first-order chi connectivity index (χ1) is 10.3. The van der Waals surface area contributed by atoms with Crippen molar-refractivity contribution in [3.63, 3.8) is 0 Å². The first-order valence-corrected chi connectivity index (χ1v) is 8.61. The predicted molar refractivity (Wildman–Crippen MR) is 92.6 cm³/mol. The summed E-state index contributed by atoms with van der Waals surface area (Å²) in [6.07, 6.45) is 1.05. The second kappa shape index (κ2) is 5.48. The number of thiazole rings is 1. The Morgan fingerprint density at radius 3 is 2.18 bits per heavy atom. The number of benzene rings is 1. The predicted octanol–water partition coefficient (Wildman–Crippen LogP) is 3.67. The van der Waals surface area contributed by atoms with Crippen LogP contribution in [0.1, 0.15) is 40.2 Å². The molecular weight excluding hydrogens is 293 g/mol. The first-order valence-electron chi connectivity index (χ1n) is 7.73. The summed E-state index contributed by atoms with van der Waals surface area (Å²) in [6.45, 7) is 10.4. The van der Waals surface area contributed by atoms with Crippen LogP contribution in [0.2, 0.25) is 0 Å². The van der Waals surface area contributed by atoms with E-state index in [9.17, 15) is 0 Å². The van der Waals surface area contributed by atoms with Gasteiger partial charge in [-0.1, -0.05) is 31.2 Å². The molecule has 116 valence electrons. The van der Waals surface area contributed by atoms with Crippen molar-refractivity contribution < 1.29 is 9.31 Å². The standard InChI is InChI=1S/C17H22BNO2S/c1-6-12-7-9-13(10-8-12)15-19-14(11-22-15)18-20-16(2,3)17(4,5)21-18/h7-11H,6H2,1-5H3. The van der Waals surface area contributed by atoms with Crippen molar-refractivity contribution in [3.05, 3.63) is 35.2 Å². The summed E-state index contributed by atoms with van der Waals surface area (Å²) < 4.78 is 12.1. The fourth-order valence-corrected chi connectivity index (χ4v) is 3.20. The van der Waals surface area contributed by atoms with Gasteiger partial charge in [-0.25, -0.2) is 4.98 Å². The third-order valence-corrected chi connectivity index (χ3v) is 5.54. The maximum absolute atomic E-state index is 6.06. The van der Waals surface area contributed by atoms with Gasteiger partial charge in [0.1, 0.15) is 5.01 Å². The molecule has 0 saturated carbocycles. The number of hydrogen-bond donors (Lipinski definition) is 0. The molecule has 1 aliphatic heterocycles. The van der Waals surface area contributed by atoms with E-state index in [2.05, 4.69) is 58.9 Å². The lowest BCUT2D eigenvalue weighted by molar-refractivity contribution is 0.00578. The summed E-state index contributed by atoms with van der Waals surface area (Å²) in [5.74, 6) is 0. The van der Waals surface area contributed by atoms with Gasteiger partial charge in [0.05, 0.1) is 16.8 Å². The maximum atomic E-state index is 6.06. The van der Waals surface area contributed by atoms with Crippen LogP contribution in [-0.4, -0.2) is 23.3 Å². The Morgan fingerprint density at radius 2 is 1.64 bits per heavy atom. The van der Waals surface area contributed by atoms with Gasteiger partial charge in [0.25, 0.3) is 0 Å². The summed E-state index contributed by atoms with van der Waals surface area (Å²) in [7, 11) is -0.384. The molecule has 0 radical (unpaired) electrons. The molecule has 0 unspecified atom stereocenters. The molecule has 3 rings (SSSR count). The van der Waals surface area contributed by atoms with Crippen molar-refractivity contribution in [2.24, 2.45) is 0 Å². The molecule has 5 heteroatoms. The molecule has 0 atom stereocenters. The van der Waals surface area contributed by atoms with Crippen LogP contribution in [0.4, 0.5) is 0 Å². The van der Waals surface area contributed by atoms with E-state index >= 15 is 0 Å². The molecule has 1 aromatic heterocycles. The average molecular weight is 315 g/mol. The average Bonchev–Trinajstić information content (AvgIpc) is 3.03. The monoisotopic (exact) mass is 315 g/mol. The third-order valence-electron chi connectivity index (χ3n) is 4.63. The van der Waals surface area contributed by atoms with E-state index in [0.717, 1.165) is 22.6 Å². The topological polar surface area (TPSA) is 31.4 Å². The van der Waals surface area contributed by atoms with E-state index in [-0.39, 0.29) is 18.3 Å². The SMILES string of the molecule is CCc1ccc(-c2nc(B3OC(C)(C)C(C)(C)O3)cs2)cc1. The Labute approximate surface area is 136 Å². The fourth-order valence-electron chi connectivity index (χ4n) is 2.37. The smallest absolute Gasteiger partial charge is 0.398 e. The van der Waals surface area contributed by atoms with E-state index < -0.39 is 0 Å². The van der Waals surface area contributed by atoms with Crippen LogP contribution < -0.4 is 5.59 Å². The van der Waals surface area contributed by atoms with Crippen LogP contribution in [0.5, 0.6) is 0 Å². The highest BCUT2D eigenvalue weighted by molar-refractivity contribution is 7.14. The van der Waals surface area contributed by atoms with E-state index in [1.165, 1.54) is 5.56 Å². The molecule has 0 bridgehead atoms. The van der Waals surface area contributed by atoms with Crippen molar-refractivity contribution in [1.29, 1.82) is 0 Å². The number of hydrogen-bond acceptors (Lipinski definition) is 4. The molecule has 2 aromatic rings. The fraction of sp³-hybridized carbons (Fsp3) is 0.471. The quantitative estimate of drug-likeness (QED) is 0.810. The largest absolute Gasteiger partial charge is 0.515 e. The number of rotatable bonds is 3. The van der Waals surface area contributed by atoms with Crippen LogP contribution in [0, 0.1) is 0 Å². The van der Waals surface area contributed by atoms with Crippen LogP contribution in [-0.2, 0) is 15.7 Å². The highest BCUT2D eigenvalue weighted by atomic mass is 32.1. The molecule has 22 heavy (non-hydrogen) atoms. The summed E-state index contributed by atoms with van der Waals surface area (Å²) in [6, 6.07) is 8.58. The zero-order chi connectivity index (χ0) is 16.0. The van der Waals surface area contributed by atoms with Gasteiger partial charge in [0.15, 0.2) is 0 Å². The van der Waals surface area contributed by atoms with E-state index in [1.54, 1.807) is 11.3 Å². The summed E-state index contributed by atoms with van der Waals surface area (Å²) in [5.41, 5.74) is 2.68. The number of aryl methyl sites for hydroxylation is 1. The number of aromatic nitrogens is 1. The second-order valence-corrected chi connectivity index (χ2v) is 7.57. The zero-order valence-electron chi connectivity index (χ0n) is 13.8. The van der Waals surface area contributed by atoms with Gasteiger partial charge in [-0.05, 0) is 39.7 Å².